The number of unbranched alkanes of at least 4 members (excludes halogenated alkanes) is 14. The van der Waals surface area contributed by atoms with E-state index >= 15 is 0 Å². The summed E-state index contributed by atoms with van der Waals surface area (Å²) >= 11 is 0. The molecule has 3 atom stereocenters. The van der Waals surface area contributed by atoms with E-state index in [-0.39, 0.29) is 6.42 Å². The summed E-state index contributed by atoms with van der Waals surface area (Å²) < 4.78 is 11.2. The molecule has 0 saturated heterocycles. The van der Waals surface area contributed by atoms with Crippen LogP contribution in [0.25, 0.3) is 10.8 Å². The molecule has 0 aliphatic carbocycles. The third kappa shape index (κ3) is 11.5. The second-order valence-electron chi connectivity index (χ2n) is 11.5. The quantitative estimate of drug-likeness (QED) is 0.105. The third-order valence-corrected chi connectivity index (χ3v) is 8.22. The van der Waals surface area contributed by atoms with E-state index in [0.29, 0.717) is 12.0 Å². The Morgan fingerprint density at radius 1 is 0.780 bits per heavy atom. The van der Waals surface area contributed by atoms with Crippen molar-refractivity contribution in [1.82, 2.24) is 0 Å². The molecule has 0 aliphatic rings. The van der Waals surface area contributed by atoms with Gasteiger partial charge >= 0.3 is 5.97 Å². The van der Waals surface area contributed by atoms with E-state index in [0.717, 1.165) is 30.0 Å². The van der Waals surface area contributed by atoms with Gasteiger partial charge in [-0.3, -0.25) is 9.59 Å². The highest BCUT2D eigenvalue weighted by Crippen LogP contribution is 2.34. The third-order valence-electron chi connectivity index (χ3n) is 8.22. The van der Waals surface area contributed by atoms with E-state index < -0.39 is 36.2 Å². The number of esters is 1. The summed E-state index contributed by atoms with van der Waals surface area (Å²) in [6, 6.07) is 13.2. The SMILES string of the molecule is CCCCCCCCCCCCCCCCCC(=O)OC(C(=O)C(C)(OC)c1cccc2ccccc12)C(O)CO. The predicted octanol–water partition coefficient (Wildman–Crippen LogP) is 7.80. The van der Waals surface area contributed by atoms with E-state index in [4.69, 9.17) is 9.47 Å². The number of ketones is 1. The molecule has 6 heteroatoms. The molecule has 0 fully saturated rings. The van der Waals surface area contributed by atoms with Gasteiger partial charge in [-0.1, -0.05) is 139 Å². The molecular formula is C35H54O6. The Morgan fingerprint density at radius 3 is 1.83 bits per heavy atom. The van der Waals surface area contributed by atoms with Crippen LogP contribution in [0, 0.1) is 0 Å². The molecule has 0 heterocycles. The van der Waals surface area contributed by atoms with Crippen LogP contribution in [-0.4, -0.2) is 47.9 Å². The van der Waals surface area contributed by atoms with Crippen molar-refractivity contribution in [3.63, 3.8) is 0 Å². The van der Waals surface area contributed by atoms with Crippen LogP contribution in [0.15, 0.2) is 42.5 Å². The Labute approximate surface area is 247 Å². The number of aliphatic hydroxyl groups is 2. The first kappa shape index (κ1) is 34.9. The Morgan fingerprint density at radius 2 is 1.29 bits per heavy atom. The topological polar surface area (TPSA) is 93.1 Å². The smallest absolute Gasteiger partial charge is 0.306 e. The van der Waals surface area contributed by atoms with Crippen molar-refractivity contribution in [3.8, 4) is 0 Å². The number of hydrogen-bond acceptors (Lipinski definition) is 6. The molecule has 2 aromatic carbocycles. The molecule has 0 spiro atoms. The van der Waals surface area contributed by atoms with Gasteiger partial charge in [0.1, 0.15) is 6.10 Å². The average molecular weight is 571 g/mol. The fourth-order valence-corrected chi connectivity index (χ4v) is 5.50. The summed E-state index contributed by atoms with van der Waals surface area (Å²) in [6.45, 7) is 3.15. The molecule has 6 nitrogen and oxygen atoms in total. The Hall–Kier alpha value is -2.28. The number of benzene rings is 2. The standard InChI is InChI=1S/C35H54O6/c1-4-5-6-7-8-9-10-11-12-13-14-15-16-17-18-26-32(38)41-33(31(37)27-36)34(39)35(2,40-3)30-25-21-23-28-22-19-20-24-29(28)30/h19-25,31,33,36-37H,4-18,26-27H2,1-3H3. The molecule has 2 aromatic rings. The molecule has 3 unspecified atom stereocenters. The van der Waals surface area contributed by atoms with Crippen molar-refractivity contribution in [1.29, 1.82) is 0 Å². The maximum atomic E-state index is 13.7. The molecule has 2 N–H and O–H groups in total. The van der Waals surface area contributed by atoms with Crippen LogP contribution in [0.4, 0.5) is 0 Å². The van der Waals surface area contributed by atoms with Gasteiger partial charge in [0.25, 0.3) is 0 Å². The van der Waals surface area contributed by atoms with Crippen LogP contribution in [0.2, 0.25) is 0 Å². The molecule has 230 valence electrons. The Balaban J connectivity index is 1.75. The minimum Gasteiger partial charge on any atom is -0.451 e. The molecule has 41 heavy (non-hydrogen) atoms. The van der Waals surface area contributed by atoms with Crippen LogP contribution >= 0.6 is 0 Å². The van der Waals surface area contributed by atoms with Crippen molar-refractivity contribution in [2.24, 2.45) is 0 Å². The summed E-state index contributed by atoms with van der Waals surface area (Å²) in [4.78, 5) is 26.4. The number of rotatable bonds is 23. The first-order valence-electron chi connectivity index (χ1n) is 15.9. The minimum atomic E-state index is -1.54. The van der Waals surface area contributed by atoms with E-state index in [1.807, 2.05) is 36.4 Å². The number of methoxy groups -OCH3 is 1. The Bertz CT molecular complexity index is 1020. The summed E-state index contributed by atoms with van der Waals surface area (Å²) in [5, 5.41) is 21.9. The zero-order valence-corrected chi connectivity index (χ0v) is 25.7. The predicted molar refractivity (Wildman–Crippen MR) is 166 cm³/mol. The van der Waals surface area contributed by atoms with E-state index in [2.05, 4.69) is 6.92 Å². The fourth-order valence-electron chi connectivity index (χ4n) is 5.50. The van der Waals surface area contributed by atoms with Gasteiger partial charge in [-0.15, -0.1) is 0 Å². The zero-order chi connectivity index (χ0) is 29.9. The summed E-state index contributed by atoms with van der Waals surface area (Å²) in [5.41, 5.74) is -0.881. The number of hydrogen-bond donors (Lipinski definition) is 2. The summed E-state index contributed by atoms with van der Waals surface area (Å²) in [5.74, 6) is -1.16. The second-order valence-corrected chi connectivity index (χ2v) is 11.5. The normalized spacial score (nSPS) is 14.5. The monoisotopic (exact) mass is 570 g/mol. The van der Waals surface area contributed by atoms with Gasteiger partial charge in [-0.25, -0.2) is 0 Å². The number of ether oxygens (including phenoxy) is 2. The van der Waals surface area contributed by atoms with Gasteiger partial charge in [0.2, 0.25) is 5.78 Å². The highest BCUT2D eigenvalue weighted by atomic mass is 16.6. The molecule has 0 radical (unpaired) electrons. The van der Waals surface area contributed by atoms with Crippen molar-refractivity contribution in [2.75, 3.05) is 13.7 Å². The van der Waals surface area contributed by atoms with E-state index in [1.54, 1.807) is 13.0 Å². The molecule has 0 amide bonds. The molecule has 2 rings (SSSR count). The van der Waals surface area contributed by atoms with Gasteiger partial charge in [0, 0.05) is 13.5 Å². The number of carbonyl (C=O) groups excluding carboxylic acids is 2. The number of Topliss-reactive ketones (excluding diaryl/α,β-unsaturated/α-hetero) is 1. The van der Waals surface area contributed by atoms with Crippen LogP contribution < -0.4 is 0 Å². The van der Waals surface area contributed by atoms with Gasteiger partial charge in [-0.05, 0) is 29.7 Å². The van der Waals surface area contributed by atoms with Crippen molar-refractivity contribution < 1.29 is 29.3 Å². The first-order chi connectivity index (χ1) is 19.9. The highest BCUT2D eigenvalue weighted by Gasteiger charge is 2.45. The maximum Gasteiger partial charge on any atom is 0.306 e. The van der Waals surface area contributed by atoms with Crippen molar-refractivity contribution >= 4 is 22.5 Å². The summed E-state index contributed by atoms with van der Waals surface area (Å²) in [7, 11) is 1.42. The average Bonchev–Trinajstić information content (AvgIpc) is 3.00. The molecule has 0 saturated carbocycles. The zero-order valence-electron chi connectivity index (χ0n) is 25.7. The lowest BCUT2D eigenvalue weighted by molar-refractivity contribution is -0.173. The van der Waals surface area contributed by atoms with Gasteiger partial charge in [-0.2, -0.15) is 0 Å². The molecule has 0 aliphatic heterocycles. The van der Waals surface area contributed by atoms with Crippen LogP contribution in [0.3, 0.4) is 0 Å². The minimum absolute atomic E-state index is 0.165. The lowest BCUT2D eigenvalue weighted by Crippen LogP contribution is -2.50. The van der Waals surface area contributed by atoms with Crippen LogP contribution in [-0.2, 0) is 24.7 Å². The number of aliphatic hydroxyl groups excluding tert-OH is 2. The fraction of sp³-hybridized carbons (Fsp3) is 0.657. The Kier molecular flexibility index (Phi) is 16.8. The summed E-state index contributed by atoms with van der Waals surface area (Å²) in [6.07, 6.45) is 15.6. The van der Waals surface area contributed by atoms with Crippen molar-refractivity contribution in [3.05, 3.63) is 48.0 Å². The van der Waals surface area contributed by atoms with Crippen LogP contribution in [0.5, 0.6) is 0 Å². The van der Waals surface area contributed by atoms with E-state index in [9.17, 15) is 19.8 Å². The van der Waals surface area contributed by atoms with Gasteiger partial charge < -0.3 is 19.7 Å². The van der Waals surface area contributed by atoms with Crippen LogP contribution in [0.1, 0.15) is 122 Å². The maximum absolute atomic E-state index is 13.7. The van der Waals surface area contributed by atoms with Gasteiger partial charge in [0.15, 0.2) is 11.7 Å². The second kappa shape index (κ2) is 19.8. The first-order valence-corrected chi connectivity index (χ1v) is 15.9. The molecule has 0 bridgehead atoms. The van der Waals surface area contributed by atoms with E-state index in [1.165, 1.54) is 77.7 Å². The lowest BCUT2D eigenvalue weighted by atomic mass is 9.84. The van der Waals surface area contributed by atoms with Gasteiger partial charge in [0.05, 0.1) is 6.61 Å². The largest absolute Gasteiger partial charge is 0.451 e. The van der Waals surface area contributed by atoms with Crippen molar-refractivity contribution in [2.45, 2.75) is 134 Å². The molecule has 0 aromatic heterocycles. The lowest BCUT2D eigenvalue weighted by Gasteiger charge is -2.33. The number of fused-ring (bicyclic) bond motifs is 1. The molecular weight excluding hydrogens is 516 g/mol. The number of carbonyl (C=O) groups is 2. The highest BCUT2D eigenvalue weighted by molar-refractivity contribution is 5.98.